The molecule has 0 spiro atoms. The van der Waals surface area contributed by atoms with Gasteiger partial charge in [0.15, 0.2) is 0 Å². The summed E-state index contributed by atoms with van der Waals surface area (Å²) in [5.74, 6) is 0. The maximum atomic E-state index is 9.82. The molecule has 0 aromatic carbocycles. The summed E-state index contributed by atoms with van der Waals surface area (Å²) in [7, 11) is 0. The molecule has 0 bridgehead atoms. The van der Waals surface area contributed by atoms with Gasteiger partial charge in [-0.2, -0.15) is 0 Å². The van der Waals surface area contributed by atoms with Crippen LogP contribution in [0.2, 0.25) is 0 Å². The molecule has 166 valence electrons. The van der Waals surface area contributed by atoms with Gasteiger partial charge in [-0.25, -0.2) is 0 Å². The number of hydrogen-bond donors (Lipinski definition) is 3. The van der Waals surface area contributed by atoms with E-state index in [9.17, 15) is 15.3 Å². The molecule has 0 saturated carbocycles. The number of ether oxygens (including phenoxy) is 2. The van der Waals surface area contributed by atoms with Crippen molar-refractivity contribution in [2.24, 2.45) is 0 Å². The molecule has 0 aromatic heterocycles. The zero-order valence-corrected chi connectivity index (χ0v) is 17.9. The normalized spacial score (nSPS) is 23.6. The third-order valence-electron chi connectivity index (χ3n) is 5.47. The molecule has 28 heavy (non-hydrogen) atoms. The monoisotopic (exact) mass is 400 g/mol. The summed E-state index contributed by atoms with van der Waals surface area (Å²) in [6, 6.07) is 0. The van der Waals surface area contributed by atoms with Gasteiger partial charge in [-0.3, -0.25) is 0 Å². The van der Waals surface area contributed by atoms with Crippen LogP contribution in [0.5, 0.6) is 0 Å². The van der Waals surface area contributed by atoms with E-state index in [2.05, 4.69) is 19.1 Å². The number of hydrogen-bond acceptors (Lipinski definition) is 5. The van der Waals surface area contributed by atoms with Crippen LogP contribution >= 0.6 is 0 Å². The minimum atomic E-state index is -0.980. The first-order chi connectivity index (χ1) is 13.7. The van der Waals surface area contributed by atoms with Crippen LogP contribution < -0.4 is 0 Å². The standard InChI is InChI=1S/C23H44O5/c1-2-3-4-5-6-7-8-9-10-11-12-13-14-15-16-17-27-21(18-24)23-22(26)20(25)19-28-23/h9-10,20-26H,2-8,11-19H2,1H3/b10-9+/t20-,21+,22-,23-/m1/s1. The minimum absolute atomic E-state index is 0.0963. The van der Waals surface area contributed by atoms with Crippen molar-refractivity contribution < 1.29 is 24.8 Å². The SMILES string of the molecule is CCCCCCCC/C=C/CCCCCCCO[C@@H](CO)[C@H]1OC[C@@H](O)[C@H]1O. The number of allylic oxidation sites excluding steroid dienone is 2. The van der Waals surface area contributed by atoms with Crippen LogP contribution in [0, 0.1) is 0 Å². The zero-order chi connectivity index (χ0) is 20.5. The van der Waals surface area contributed by atoms with Crippen LogP contribution in [0.25, 0.3) is 0 Å². The van der Waals surface area contributed by atoms with Crippen molar-refractivity contribution >= 4 is 0 Å². The predicted octanol–water partition coefficient (Wildman–Crippen LogP) is 4.13. The minimum Gasteiger partial charge on any atom is -0.394 e. The fraction of sp³-hybridized carbons (Fsp3) is 0.913. The molecule has 5 nitrogen and oxygen atoms in total. The second-order valence-electron chi connectivity index (χ2n) is 8.03. The molecule has 1 rings (SSSR count). The number of rotatable bonds is 18. The van der Waals surface area contributed by atoms with E-state index in [4.69, 9.17) is 9.47 Å². The summed E-state index contributed by atoms with van der Waals surface area (Å²) in [6.07, 6.45) is 17.9. The second kappa shape index (κ2) is 17.4. The summed E-state index contributed by atoms with van der Waals surface area (Å²) >= 11 is 0. The molecule has 0 unspecified atom stereocenters. The molecular weight excluding hydrogens is 356 g/mol. The number of aliphatic hydroxyl groups excluding tert-OH is 3. The van der Waals surface area contributed by atoms with Crippen molar-refractivity contribution in [2.45, 2.75) is 115 Å². The van der Waals surface area contributed by atoms with E-state index in [1.54, 1.807) is 0 Å². The molecule has 0 aromatic rings. The van der Waals surface area contributed by atoms with Gasteiger partial charge in [0.05, 0.1) is 13.2 Å². The average molecular weight is 401 g/mol. The fourth-order valence-corrected chi connectivity index (χ4v) is 3.61. The van der Waals surface area contributed by atoms with Crippen LogP contribution in [0.3, 0.4) is 0 Å². The molecule has 0 radical (unpaired) electrons. The molecule has 1 aliphatic rings. The predicted molar refractivity (Wildman–Crippen MR) is 113 cm³/mol. The fourth-order valence-electron chi connectivity index (χ4n) is 3.61. The molecule has 1 aliphatic heterocycles. The average Bonchev–Trinajstić information content (AvgIpc) is 3.03. The van der Waals surface area contributed by atoms with E-state index < -0.39 is 24.4 Å². The summed E-state index contributed by atoms with van der Waals surface area (Å²) in [5, 5.41) is 28.7. The Hall–Kier alpha value is -0.460. The van der Waals surface area contributed by atoms with Gasteiger partial charge in [-0.15, -0.1) is 0 Å². The number of unbranched alkanes of at least 4 members (excludes halogenated alkanes) is 11. The third-order valence-corrected chi connectivity index (χ3v) is 5.47. The summed E-state index contributed by atoms with van der Waals surface area (Å²) < 4.78 is 11.0. The van der Waals surface area contributed by atoms with Crippen molar-refractivity contribution in [3.05, 3.63) is 12.2 Å². The van der Waals surface area contributed by atoms with Gasteiger partial charge in [0.1, 0.15) is 24.4 Å². The third kappa shape index (κ3) is 11.5. The first kappa shape index (κ1) is 25.6. The topological polar surface area (TPSA) is 79.2 Å². The van der Waals surface area contributed by atoms with Gasteiger partial charge in [0.25, 0.3) is 0 Å². The maximum absolute atomic E-state index is 9.82. The second-order valence-corrected chi connectivity index (χ2v) is 8.03. The van der Waals surface area contributed by atoms with Crippen molar-refractivity contribution in [3.63, 3.8) is 0 Å². The van der Waals surface area contributed by atoms with E-state index in [1.807, 2.05) is 0 Å². The molecule has 0 amide bonds. The van der Waals surface area contributed by atoms with Gasteiger partial charge in [-0.05, 0) is 32.1 Å². The first-order valence-corrected chi connectivity index (χ1v) is 11.6. The Labute approximate surface area is 172 Å². The lowest BCUT2D eigenvalue weighted by molar-refractivity contribution is -0.101. The molecule has 1 fully saturated rings. The molecular formula is C23H44O5. The molecule has 1 heterocycles. The van der Waals surface area contributed by atoms with Crippen molar-refractivity contribution in [1.29, 1.82) is 0 Å². The lowest BCUT2D eigenvalue weighted by Gasteiger charge is -2.24. The van der Waals surface area contributed by atoms with Gasteiger partial charge in [0.2, 0.25) is 0 Å². The Bertz CT molecular complexity index is 374. The van der Waals surface area contributed by atoms with Crippen LogP contribution in [-0.2, 0) is 9.47 Å². The lowest BCUT2D eigenvalue weighted by Crippen LogP contribution is -2.42. The highest BCUT2D eigenvalue weighted by molar-refractivity contribution is 4.88. The van der Waals surface area contributed by atoms with Crippen LogP contribution in [-0.4, -0.2) is 59.6 Å². The quantitative estimate of drug-likeness (QED) is 0.238. The van der Waals surface area contributed by atoms with Gasteiger partial charge < -0.3 is 24.8 Å². The van der Waals surface area contributed by atoms with E-state index >= 15 is 0 Å². The molecule has 0 aliphatic carbocycles. The Morgan fingerprint density at radius 2 is 1.46 bits per heavy atom. The Kier molecular flexibility index (Phi) is 15.9. The van der Waals surface area contributed by atoms with E-state index in [-0.39, 0.29) is 13.2 Å². The summed E-state index contributed by atoms with van der Waals surface area (Å²) in [4.78, 5) is 0. The molecule has 5 heteroatoms. The maximum Gasteiger partial charge on any atom is 0.114 e. The number of aliphatic hydroxyl groups is 3. The van der Waals surface area contributed by atoms with Crippen molar-refractivity contribution in [1.82, 2.24) is 0 Å². The van der Waals surface area contributed by atoms with Crippen molar-refractivity contribution in [2.75, 3.05) is 19.8 Å². The Balaban J connectivity index is 1.88. The lowest BCUT2D eigenvalue weighted by atomic mass is 10.1. The molecule has 1 saturated heterocycles. The molecule has 3 N–H and O–H groups in total. The smallest absolute Gasteiger partial charge is 0.114 e. The highest BCUT2D eigenvalue weighted by atomic mass is 16.6. The highest BCUT2D eigenvalue weighted by Crippen LogP contribution is 2.20. The highest BCUT2D eigenvalue weighted by Gasteiger charge is 2.40. The van der Waals surface area contributed by atoms with Gasteiger partial charge in [0, 0.05) is 6.61 Å². The van der Waals surface area contributed by atoms with Gasteiger partial charge in [-0.1, -0.05) is 70.4 Å². The van der Waals surface area contributed by atoms with E-state index in [1.165, 1.54) is 70.6 Å². The largest absolute Gasteiger partial charge is 0.394 e. The van der Waals surface area contributed by atoms with E-state index in [0.717, 1.165) is 12.8 Å². The van der Waals surface area contributed by atoms with Crippen LogP contribution in [0.15, 0.2) is 12.2 Å². The van der Waals surface area contributed by atoms with Gasteiger partial charge >= 0.3 is 0 Å². The summed E-state index contributed by atoms with van der Waals surface area (Å²) in [6.45, 7) is 2.69. The molecule has 4 atom stereocenters. The Morgan fingerprint density at radius 3 is 2.00 bits per heavy atom. The zero-order valence-electron chi connectivity index (χ0n) is 17.9. The first-order valence-electron chi connectivity index (χ1n) is 11.6. The summed E-state index contributed by atoms with van der Waals surface area (Å²) in [5.41, 5.74) is 0. The van der Waals surface area contributed by atoms with Crippen LogP contribution in [0.1, 0.15) is 90.4 Å². The Morgan fingerprint density at radius 1 is 0.893 bits per heavy atom. The van der Waals surface area contributed by atoms with Crippen molar-refractivity contribution in [3.8, 4) is 0 Å². The van der Waals surface area contributed by atoms with E-state index in [0.29, 0.717) is 6.61 Å². The van der Waals surface area contributed by atoms with Crippen LogP contribution in [0.4, 0.5) is 0 Å².